The summed E-state index contributed by atoms with van der Waals surface area (Å²) in [5.41, 5.74) is 0.910. The molecule has 1 aliphatic rings. The monoisotopic (exact) mass is 305 g/mol. The van der Waals surface area contributed by atoms with Gasteiger partial charge in [0.05, 0.1) is 13.2 Å². The lowest BCUT2D eigenvalue weighted by Crippen LogP contribution is -2.37. The van der Waals surface area contributed by atoms with Gasteiger partial charge in [0.25, 0.3) is 0 Å². The lowest BCUT2D eigenvalue weighted by Gasteiger charge is -2.27. The van der Waals surface area contributed by atoms with Crippen LogP contribution in [0.3, 0.4) is 0 Å². The molecule has 2 heterocycles. The standard InChI is InChI=1S/C14H16ClN5O/c1-16-13-17-12(10-2-4-11(15)5-3-10)18-14(19-13)20-6-8-21-9-7-20/h2-5H,6-9H2,1H3,(H,16,17,18,19). The first-order valence-corrected chi connectivity index (χ1v) is 7.16. The summed E-state index contributed by atoms with van der Waals surface area (Å²) in [5.74, 6) is 1.85. The van der Waals surface area contributed by atoms with Crippen molar-refractivity contribution in [2.24, 2.45) is 0 Å². The fourth-order valence-corrected chi connectivity index (χ4v) is 2.24. The van der Waals surface area contributed by atoms with E-state index >= 15 is 0 Å². The largest absolute Gasteiger partial charge is 0.378 e. The van der Waals surface area contributed by atoms with Gasteiger partial charge in [0.2, 0.25) is 11.9 Å². The molecule has 1 fully saturated rings. The lowest BCUT2D eigenvalue weighted by atomic mass is 10.2. The molecule has 0 bridgehead atoms. The van der Waals surface area contributed by atoms with E-state index in [0.717, 1.165) is 18.7 Å². The normalized spacial score (nSPS) is 15.0. The fraction of sp³-hybridized carbons (Fsp3) is 0.357. The van der Waals surface area contributed by atoms with Gasteiger partial charge in [0, 0.05) is 30.7 Å². The lowest BCUT2D eigenvalue weighted by molar-refractivity contribution is 0.122. The van der Waals surface area contributed by atoms with Crippen molar-refractivity contribution in [1.82, 2.24) is 15.0 Å². The van der Waals surface area contributed by atoms with Crippen molar-refractivity contribution in [3.05, 3.63) is 29.3 Å². The molecule has 6 nitrogen and oxygen atoms in total. The first-order chi connectivity index (χ1) is 10.3. The summed E-state index contributed by atoms with van der Waals surface area (Å²) in [5, 5.41) is 3.67. The van der Waals surface area contributed by atoms with Crippen molar-refractivity contribution < 1.29 is 4.74 Å². The molecule has 7 heteroatoms. The number of aromatic nitrogens is 3. The van der Waals surface area contributed by atoms with Crippen LogP contribution in [0.1, 0.15) is 0 Å². The molecule has 21 heavy (non-hydrogen) atoms. The van der Waals surface area contributed by atoms with E-state index in [2.05, 4.69) is 25.2 Å². The van der Waals surface area contributed by atoms with Crippen LogP contribution in [0.15, 0.2) is 24.3 Å². The molecule has 0 aliphatic carbocycles. The molecule has 0 spiro atoms. The third-order valence-corrected chi connectivity index (χ3v) is 3.50. The highest BCUT2D eigenvalue weighted by atomic mass is 35.5. The highest BCUT2D eigenvalue weighted by Crippen LogP contribution is 2.21. The van der Waals surface area contributed by atoms with Crippen LogP contribution >= 0.6 is 11.6 Å². The van der Waals surface area contributed by atoms with Crippen LogP contribution in [0.4, 0.5) is 11.9 Å². The van der Waals surface area contributed by atoms with E-state index < -0.39 is 0 Å². The van der Waals surface area contributed by atoms with E-state index in [1.165, 1.54) is 0 Å². The Morgan fingerprint density at radius 3 is 2.48 bits per heavy atom. The van der Waals surface area contributed by atoms with Crippen LogP contribution in [0.2, 0.25) is 5.02 Å². The maximum absolute atomic E-state index is 5.92. The van der Waals surface area contributed by atoms with Gasteiger partial charge >= 0.3 is 0 Å². The van der Waals surface area contributed by atoms with Crippen molar-refractivity contribution in [2.75, 3.05) is 43.6 Å². The van der Waals surface area contributed by atoms with Gasteiger partial charge in [-0.1, -0.05) is 11.6 Å². The average Bonchev–Trinajstić information content (AvgIpc) is 2.56. The predicted molar refractivity (Wildman–Crippen MR) is 82.9 cm³/mol. The van der Waals surface area contributed by atoms with Crippen molar-refractivity contribution in [3.63, 3.8) is 0 Å². The van der Waals surface area contributed by atoms with Gasteiger partial charge in [-0.25, -0.2) is 0 Å². The third-order valence-electron chi connectivity index (χ3n) is 3.24. The molecule has 1 aliphatic heterocycles. The number of ether oxygens (including phenoxy) is 1. The minimum absolute atomic E-state index is 0.552. The average molecular weight is 306 g/mol. The minimum atomic E-state index is 0.552. The van der Waals surface area contributed by atoms with Gasteiger partial charge in [-0.3, -0.25) is 0 Å². The molecule has 3 rings (SSSR count). The van der Waals surface area contributed by atoms with Gasteiger partial charge < -0.3 is 15.0 Å². The van der Waals surface area contributed by atoms with Crippen molar-refractivity contribution >= 4 is 23.5 Å². The quantitative estimate of drug-likeness (QED) is 0.936. The predicted octanol–water partition coefficient (Wildman–Crippen LogP) is 2.07. The van der Waals surface area contributed by atoms with Crippen LogP contribution in [-0.2, 0) is 4.74 Å². The van der Waals surface area contributed by atoms with Gasteiger partial charge in [-0.05, 0) is 24.3 Å². The third kappa shape index (κ3) is 3.22. The summed E-state index contributed by atoms with van der Waals surface area (Å²) in [6.45, 7) is 2.95. The summed E-state index contributed by atoms with van der Waals surface area (Å²) >= 11 is 5.92. The molecule has 0 unspecified atom stereocenters. The Kier molecular flexibility index (Phi) is 4.17. The number of hydrogen-bond donors (Lipinski definition) is 1. The summed E-state index contributed by atoms with van der Waals surface area (Å²) < 4.78 is 5.36. The number of hydrogen-bond acceptors (Lipinski definition) is 6. The van der Waals surface area contributed by atoms with Crippen molar-refractivity contribution in [2.45, 2.75) is 0 Å². The molecule has 1 saturated heterocycles. The van der Waals surface area contributed by atoms with Crippen LogP contribution < -0.4 is 10.2 Å². The molecule has 2 aromatic rings. The van der Waals surface area contributed by atoms with Crippen LogP contribution in [-0.4, -0.2) is 48.3 Å². The first kappa shape index (κ1) is 14.0. The number of benzene rings is 1. The van der Waals surface area contributed by atoms with Gasteiger partial charge in [-0.15, -0.1) is 0 Å². The summed E-state index contributed by atoms with van der Waals surface area (Å²) in [6, 6.07) is 7.46. The number of morpholine rings is 1. The Hall–Kier alpha value is -1.92. The molecule has 1 aromatic carbocycles. The van der Waals surface area contributed by atoms with Crippen LogP contribution in [0.25, 0.3) is 11.4 Å². The molecule has 1 N–H and O–H groups in total. The van der Waals surface area contributed by atoms with E-state index in [0.29, 0.717) is 36.0 Å². The second-order valence-electron chi connectivity index (χ2n) is 4.64. The van der Waals surface area contributed by atoms with Crippen LogP contribution in [0.5, 0.6) is 0 Å². The molecule has 0 saturated carbocycles. The zero-order valence-electron chi connectivity index (χ0n) is 11.7. The van der Waals surface area contributed by atoms with Crippen LogP contribution in [0, 0.1) is 0 Å². The Bertz CT molecular complexity index is 613. The second kappa shape index (κ2) is 6.24. The summed E-state index contributed by atoms with van der Waals surface area (Å²) in [7, 11) is 1.80. The Labute approximate surface area is 128 Å². The van der Waals surface area contributed by atoms with E-state index in [-0.39, 0.29) is 0 Å². The van der Waals surface area contributed by atoms with E-state index in [4.69, 9.17) is 16.3 Å². The number of nitrogens with one attached hydrogen (secondary N) is 1. The SMILES string of the molecule is CNc1nc(-c2ccc(Cl)cc2)nc(N2CCOCC2)n1. The fourth-order valence-electron chi connectivity index (χ4n) is 2.11. The second-order valence-corrected chi connectivity index (χ2v) is 5.08. The molecule has 0 radical (unpaired) electrons. The van der Waals surface area contributed by atoms with E-state index in [1.54, 1.807) is 7.05 Å². The zero-order chi connectivity index (χ0) is 14.7. The van der Waals surface area contributed by atoms with E-state index in [1.807, 2.05) is 24.3 Å². The summed E-state index contributed by atoms with van der Waals surface area (Å²) in [4.78, 5) is 15.5. The highest BCUT2D eigenvalue weighted by Gasteiger charge is 2.16. The number of nitrogens with zero attached hydrogens (tertiary/aromatic N) is 4. The zero-order valence-corrected chi connectivity index (χ0v) is 12.5. The number of anilines is 2. The molecule has 1 aromatic heterocycles. The molecule has 110 valence electrons. The highest BCUT2D eigenvalue weighted by molar-refractivity contribution is 6.30. The molecular formula is C14H16ClN5O. The topological polar surface area (TPSA) is 63.2 Å². The minimum Gasteiger partial charge on any atom is -0.378 e. The molecular weight excluding hydrogens is 290 g/mol. The molecule has 0 amide bonds. The van der Waals surface area contributed by atoms with Crippen molar-refractivity contribution in [1.29, 1.82) is 0 Å². The Morgan fingerprint density at radius 1 is 1.10 bits per heavy atom. The maximum atomic E-state index is 5.92. The first-order valence-electron chi connectivity index (χ1n) is 6.79. The van der Waals surface area contributed by atoms with Gasteiger partial charge in [-0.2, -0.15) is 15.0 Å². The summed E-state index contributed by atoms with van der Waals surface area (Å²) in [6.07, 6.45) is 0. The van der Waals surface area contributed by atoms with Gasteiger partial charge in [0.15, 0.2) is 5.82 Å². The van der Waals surface area contributed by atoms with Crippen molar-refractivity contribution in [3.8, 4) is 11.4 Å². The molecule has 0 atom stereocenters. The van der Waals surface area contributed by atoms with E-state index in [9.17, 15) is 0 Å². The maximum Gasteiger partial charge on any atom is 0.230 e. The smallest absolute Gasteiger partial charge is 0.230 e. The Balaban J connectivity index is 1.98. The number of halogens is 1. The number of rotatable bonds is 3. The van der Waals surface area contributed by atoms with Gasteiger partial charge in [0.1, 0.15) is 0 Å². The Morgan fingerprint density at radius 2 is 1.81 bits per heavy atom.